The lowest BCUT2D eigenvalue weighted by molar-refractivity contribution is -0.146. The van der Waals surface area contributed by atoms with Crippen molar-refractivity contribution < 1.29 is 9.53 Å². The van der Waals surface area contributed by atoms with Crippen LogP contribution in [0.2, 0.25) is 0 Å². The van der Waals surface area contributed by atoms with Gasteiger partial charge in [-0.05, 0) is 40.6 Å². The predicted molar refractivity (Wildman–Crippen MR) is 74.2 cm³/mol. The molecule has 0 saturated carbocycles. The Labute approximate surface area is 112 Å². The first-order chi connectivity index (χ1) is 6.72. The maximum Gasteiger partial charge on any atom is 0.331 e. The summed E-state index contributed by atoms with van der Waals surface area (Å²) in [6, 6.07) is 0. The Morgan fingerprint density at radius 2 is 1.79 bits per heavy atom. The molecule has 1 rings (SSSR count). The predicted octanol–water partition coefficient (Wildman–Crippen LogP) is 3.27. The van der Waals surface area contributed by atoms with E-state index in [0.717, 1.165) is 34.5 Å². The van der Waals surface area contributed by atoms with Gasteiger partial charge in [0.2, 0.25) is 0 Å². The number of cyclic esters (lactones) is 1. The molecular weight excluding hydrogens is 406 g/mol. The van der Waals surface area contributed by atoms with E-state index >= 15 is 0 Å². The summed E-state index contributed by atoms with van der Waals surface area (Å²) in [4.78, 5) is 11.1. The van der Waals surface area contributed by atoms with E-state index in [2.05, 4.69) is 45.2 Å². The third-order valence-electron chi connectivity index (χ3n) is 2.29. The number of alkyl halides is 2. The number of hydrogen-bond acceptors (Lipinski definition) is 2. The van der Waals surface area contributed by atoms with E-state index < -0.39 is 0 Å². The second-order valence-corrected chi connectivity index (χ2v) is 5.56. The van der Waals surface area contributed by atoms with Crippen LogP contribution in [-0.4, -0.2) is 20.4 Å². The summed E-state index contributed by atoms with van der Waals surface area (Å²) in [5, 5.41) is 0. The Balaban J connectivity index is 2.51. The Kier molecular flexibility index (Phi) is 5.73. The van der Waals surface area contributed by atoms with Gasteiger partial charge >= 0.3 is 5.97 Å². The molecule has 0 radical (unpaired) electrons. The molecule has 2 nitrogen and oxygen atoms in total. The molecule has 1 aliphatic heterocycles. The molecule has 0 aromatic carbocycles. The van der Waals surface area contributed by atoms with Crippen LogP contribution in [0, 0.1) is 0 Å². The lowest BCUT2D eigenvalue weighted by Crippen LogP contribution is -2.28. The van der Waals surface area contributed by atoms with Crippen LogP contribution in [0.5, 0.6) is 0 Å². The van der Waals surface area contributed by atoms with Crippen molar-refractivity contribution in [3.05, 3.63) is 12.2 Å². The van der Waals surface area contributed by atoms with Crippen molar-refractivity contribution in [2.24, 2.45) is 0 Å². The van der Waals surface area contributed by atoms with Gasteiger partial charge in [0.15, 0.2) is 0 Å². The van der Waals surface area contributed by atoms with Crippen LogP contribution in [-0.2, 0) is 9.53 Å². The smallest absolute Gasteiger partial charge is 0.331 e. The quantitative estimate of drug-likeness (QED) is 0.375. The normalized spacial score (nSPS) is 18.6. The van der Waals surface area contributed by atoms with Crippen molar-refractivity contribution in [1.29, 1.82) is 0 Å². The fourth-order valence-corrected chi connectivity index (χ4v) is 2.38. The summed E-state index contributed by atoms with van der Waals surface area (Å²) in [5.74, 6) is -0.174. The van der Waals surface area contributed by atoms with Gasteiger partial charge in [-0.15, -0.1) is 0 Å². The van der Waals surface area contributed by atoms with Gasteiger partial charge in [-0.1, -0.05) is 45.2 Å². The van der Waals surface area contributed by atoms with Crippen LogP contribution in [0.25, 0.3) is 0 Å². The highest BCUT2D eigenvalue weighted by atomic mass is 127. The number of rotatable bonds is 6. The second-order valence-electron chi connectivity index (χ2n) is 3.40. The molecule has 1 aliphatic rings. The zero-order chi connectivity index (χ0) is 10.4. The van der Waals surface area contributed by atoms with Gasteiger partial charge in [0.25, 0.3) is 0 Å². The first-order valence-electron chi connectivity index (χ1n) is 4.76. The molecule has 4 heteroatoms. The molecule has 1 heterocycles. The first-order valence-corrected chi connectivity index (χ1v) is 7.82. The standard InChI is InChI=1S/C10H14I2O2/c11-7-1-4-10(5-2-8-12)6-3-9(13)14-10/h3,6H,1-2,4-5,7-8H2. The van der Waals surface area contributed by atoms with Crippen molar-refractivity contribution in [2.75, 3.05) is 8.86 Å². The van der Waals surface area contributed by atoms with Gasteiger partial charge in [-0.25, -0.2) is 4.79 Å². The van der Waals surface area contributed by atoms with Crippen molar-refractivity contribution in [3.8, 4) is 0 Å². The zero-order valence-corrected chi connectivity index (χ0v) is 12.3. The molecule has 0 spiro atoms. The minimum absolute atomic E-state index is 0.174. The van der Waals surface area contributed by atoms with Crippen molar-refractivity contribution in [3.63, 3.8) is 0 Å². The Bertz CT molecular complexity index is 218. The Morgan fingerprint density at radius 3 is 2.14 bits per heavy atom. The van der Waals surface area contributed by atoms with Crippen molar-refractivity contribution >= 4 is 51.2 Å². The van der Waals surface area contributed by atoms with Gasteiger partial charge in [0.1, 0.15) is 5.60 Å². The molecule has 0 N–H and O–H groups in total. The molecular formula is C10H14I2O2. The van der Waals surface area contributed by atoms with E-state index in [1.807, 2.05) is 6.08 Å². The fourth-order valence-electron chi connectivity index (χ4n) is 1.61. The molecule has 0 unspecified atom stereocenters. The average Bonchev–Trinajstić information content (AvgIpc) is 2.55. The molecule has 14 heavy (non-hydrogen) atoms. The van der Waals surface area contributed by atoms with Crippen LogP contribution in [0.3, 0.4) is 0 Å². The molecule has 0 amide bonds. The molecule has 0 fully saturated rings. The third-order valence-corrected chi connectivity index (χ3v) is 3.82. The van der Waals surface area contributed by atoms with E-state index in [0.29, 0.717) is 0 Å². The minimum atomic E-state index is -0.270. The van der Waals surface area contributed by atoms with Crippen molar-refractivity contribution in [1.82, 2.24) is 0 Å². The minimum Gasteiger partial charge on any atom is -0.452 e. The highest BCUT2D eigenvalue weighted by Gasteiger charge is 2.34. The number of ether oxygens (including phenoxy) is 1. The third kappa shape index (κ3) is 3.67. The number of esters is 1. The molecule has 0 aromatic rings. The lowest BCUT2D eigenvalue weighted by Gasteiger charge is -2.26. The summed E-state index contributed by atoms with van der Waals surface area (Å²) in [7, 11) is 0. The Hall–Kier alpha value is 0.670. The van der Waals surface area contributed by atoms with Gasteiger partial charge in [0.05, 0.1) is 0 Å². The summed E-state index contributed by atoms with van der Waals surface area (Å²) in [6.07, 6.45) is 7.68. The summed E-state index contributed by atoms with van der Waals surface area (Å²) in [5.41, 5.74) is -0.270. The lowest BCUT2D eigenvalue weighted by atomic mass is 9.93. The van der Waals surface area contributed by atoms with Crippen LogP contribution in [0.1, 0.15) is 25.7 Å². The summed E-state index contributed by atoms with van der Waals surface area (Å²) >= 11 is 4.71. The monoisotopic (exact) mass is 420 g/mol. The van der Waals surface area contributed by atoms with Crippen LogP contribution < -0.4 is 0 Å². The average molecular weight is 420 g/mol. The molecule has 0 saturated heterocycles. The number of hydrogen-bond donors (Lipinski definition) is 0. The number of carbonyl (C=O) groups is 1. The van der Waals surface area contributed by atoms with E-state index in [1.165, 1.54) is 0 Å². The summed E-state index contributed by atoms with van der Waals surface area (Å²) in [6.45, 7) is 0. The fraction of sp³-hybridized carbons (Fsp3) is 0.700. The number of halogens is 2. The summed E-state index contributed by atoms with van der Waals surface area (Å²) < 4.78 is 7.64. The maximum atomic E-state index is 11.1. The molecule has 0 aromatic heterocycles. The highest BCUT2D eigenvalue weighted by molar-refractivity contribution is 14.1. The van der Waals surface area contributed by atoms with Crippen LogP contribution >= 0.6 is 45.2 Å². The topological polar surface area (TPSA) is 26.3 Å². The zero-order valence-electron chi connectivity index (χ0n) is 7.97. The second kappa shape index (κ2) is 6.30. The van der Waals surface area contributed by atoms with Gasteiger partial charge < -0.3 is 4.74 Å². The van der Waals surface area contributed by atoms with Crippen molar-refractivity contribution in [2.45, 2.75) is 31.3 Å². The highest BCUT2D eigenvalue weighted by Crippen LogP contribution is 2.31. The van der Waals surface area contributed by atoms with Gasteiger partial charge in [-0.2, -0.15) is 0 Å². The Morgan fingerprint density at radius 1 is 1.21 bits per heavy atom. The van der Waals surface area contributed by atoms with Crippen LogP contribution in [0.4, 0.5) is 0 Å². The number of carbonyl (C=O) groups excluding carboxylic acids is 1. The molecule has 80 valence electrons. The first kappa shape index (κ1) is 12.7. The van der Waals surface area contributed by atoms with Crippen LogP contribution in [0.15, 0.2) is 12.2 Å². The molecule has 0 bridgehead atoms. The largest absolute Gasteiger partial charge is 0.452 e. The molecule has 0 atom stereocenters. The SMILES string of the molecule is O=C1C=CC(CCCI)(CCCI)O1. The molecule has 0 aliphatic carbocycles. The van der Waals surface area contributed by atoms with E-state index in [1.54, 1.807) is 6.08 Å². The maximum absolute atomic E-state index is 11.1. The van der Waals surface area contributed by atoms with E-state index in [-0.39, 0.29) is 11.6 Å². The van der Waals surface area contributed by atoms with E-state index in [9.17, 15) is 4.79 Å². The van der Waals surface area contributed by atoms with E-state index in [4.69, 9.17) is 4.74 Å². The van der Waals surface area contributed by atoms with Gasteiger partial charge in [-0.3, -0.25) is 0 Å². The van der Waals surface area contributed by atoms with Gasteiger partial charge in [0, 0.05) is 6.08 Å².